The van der Waals surface area contributed by atoms with Crippen molar-refractivity contribution in [2.75, 3.05) is 64.1 Å². The monoisotopic (exact) mass is 699 g/mol. The quantitative estimate of drug-likeness (QED) is 0.348. The number of nitrogens with one attached hydrogen (secondary N) is 1. The summed E-state index contributed by atoms with van der Waals surface area (Å²) in [6.07, 6.45) is 7.51. The van der Waals surface area contributed by atoms with E-state index in [1.807, 2.05) is 25.1 Å². The zero-order valence-corrected chi connectivity index (χ0v) is 30.5. The van der Waals surface area contributed by atoms with Crippen LogP contribution in [0.1, 0.15) is 86.7 Å². The molecule has 8 nitrogen and oxygen atoms in total. The van der Waals surface area contributed by atoms with Crippen LogP contribution in [0.5, 0.6) is 5.75 Å². The van der Waals surface area contributed by atoms with Crippen LogP contribution in [0.3, 0.4) is 0 Å². The van der Waals surface area contributed by atoms with E-state index in [4.69, 9.17) is 25.8 Å². The molecule has 0 aromatic heterocycles. The van der Waals surface area contributed by atoms with Crippen molar-refractivity contribution in [3.8, 4) is 5.75 Å². The maximum atomic E-state index is 13.5. The smallest absolute Gasteiger partial charge is 0.263 e. The number of halogens is 1. The van der Waals surface area contributed by atoms with E-state index in [0.717, 1.165) is 101 Å². The van der Waals surface area contributed by atoms with E-state index in [2.05, 4.69) is 40.5 Å². The lowest BCUT2D eigenvalue weighted by Crippen LogP contribution is -2.46. The zero-order valence-electron chi connectivity index (χ0n) is 29.0. The number of fused-ring (bicyclic) bond motifs is 2. The molecular weight excluding hydrogens is 646 g/mol. The van der Waals surface area contributed by atoms with Crippen molar-refractivity contribution in [1.82, 2.24) is 9.62 Å². The minimum atomic E-state index is -1.49. The minimum absolute atomic E-state index is 0.146. The highest BCUT2D eigenvalue weighted by molar-refractivity contribution is 7.84. The Bertz CT molecular complexity index is 1420. The second-order valence-corrected chi connectivity index (χ2v) is 16.4. The number of ether oxygens (including phenoxy) is 3. The summed E-state index contributed by atoms with van der Waals surface area (Å²) in [7, 11) is -1.49. The van der Waals surface area contributed by atoms with Crippen LogP contribution >= 0.6 is 11.6 Å². The van der Waals surface area contributed by atoms with E-state index in [0.29, 0.717) is 24.0 Å². The summed E-state index contributed by atoms with van der Waals surface area (Å²) in [5, 5.41) is 0.607. The second-order valence-electron chi connectivity index (χ2n) is 14.4. The SMILES string of the molecule is CCCc1cc(Cl)ccc1C1COc2ccc3cc2N(C1)CC1CCC1C(OCCN1CCOCC1)CCCC(C)C(C)S(=O)NC3=O. The molecule has 6 rings (SSSR count). The van der Waals surface area contributed by atoms with Crippen molar-refractivity contribution in [2.24, 2.45) is 17.8 Å². The number of hydrogen-bond donors (Lipinski definition) is 1. The first-order valence-corrected chi connectivity index (χ1v) is 19.8. The number of morpholine rings is 1. The standard InChI is InChI=1S/C38H54ClN3O5S/c1-4-6-28-21-32(39)11-13-33(28)31-24-42-23-30-9-12-34(30)36(46-20-17-41-15-18-45-19-16-41)8-5-7-26(2)27(3)48(44)40-38(43)29-10-14-37(47-25-31)35(42)22-29/h10-11,13-14,21-22,26-27,30-31,34,36H,4-9,12,15-20,23-25H2,1-3H3,(H,40,43). The first-order chi connectivity index (χ1) is 23.3. The van der Waals surface area contributed by atoms with E-state index >= 15 is 0 Å². The highest BCUT2D eigenvalue weighted by Gasteiger charge is 2.40. The normalized spacial score (nSPS) is 30.4. The summed E-state index contributed by atoms with van der Waals surface area (Å²) in [5.74, 6) is 1.81. The fraction of sp³-hybridized carbons (Fsp3) is 0.658. The van der Waals surface area contributed by atoms with Crippen LogP contribution in [0.4, 0.5) is 5.69 Å². The van der Waals surface area contributed by atoms with Gasteiger partial charge in [-0.2, -0.15) is 0 Å². The molecule has 48 heavy (non-hydrogen) atoms. The van der Waals surface area contributed by atoms with Crippen molar-refractivity contribution >= 4 is 34.2 Å². The van der Waals surface area contributed by atoms with Gasteiger partial charge in [0, 0.05) is 49.2 Å². The molecular formula is C38H54ClN3O5S. The summed E-state index contributed by atoms with van der Waals surface area (Å²) in [6, 6.07) is 11.9. The van der Waals surface area contributed by atoms with Gasteiger partial charge in [-0.3, -0.25) is 14.4 Å². The van der Waals surface area contributed by atoms with E-state index in [1.54, 1.807) is 6.07 Å². The number of nitrogens with zero attached hydrogens (tertiary/aromatic N) is 2. The molecule has 7 unspecified atom stereocenters. The first-order valence-electron chi connectivity index (χ1n) is 18.2. The zero-order chi connectivity index (χ0) is 33.6. The summed E-state index contributed by atoms with van der Waals surface area (Å²) in [4.78, 5) is 18.4. The summed E-state index contributed by atoms with van der Waals surface area (Å²) in [5.41, 5.74) is 4.01. The van der Waals surface area contributed by atoms with Gasteiger partial charge in [-0.1, -0.05) is 44.4 Å². The Morgan fingerprint density at radius 3 is 2.65 bits per heavy atom. The molecule has 4 aliphatic rings. The molecule has 3 heterocycles. The van der Waals surface area contributed by atoms with E-state index < -0.39 is 11.0 Å². The van der Waals surface area contributed by atoms with Crippen molar-refractivity contribution in [3.05, 3.63) is 58.1 Å². The van der Waals surface area contributed by atoms with Crippen LogP contribution in [0.15, 0.2) is 36.4 Å². The van der Waals surface area contributed by atoms with Crippen LogP contribution in [0.25, 0.3) is 0 Å². The van der Waals surface area contributed by atoms with Crippen LogP contribution in [0, 0.1) is 17.8 Å². The summed E-state index contributed by atoms with van der Waals surface area (Å²) in [6.45, 7) is 13.7. The molecule has 3 aliphatic heterocycles. The predicted octanol–water partition coefficient (Wildman–Crippen LogP) is 6.62. The van der Waals surface area contributed by atoms with Gasteiger partial charge in [-0.05, 0) is 98.2 Å². The Kier molecular flexibility index (Phi) is 12.4. The molecule has 2 bridgehead atoms. The number of aryl methyl sites for hydroxylation is 1. The molecule has 264 valence electrons. The lowest BCUT2D eigenvalue weighted by Gasteiger charge is -2.45. The maximum absolute atomic E-state index is 13.5. The first kappa shape index (κ1) is 35.6. The van der Waals surface area contributed by atoms with Crippen LogP contribution in [-0.4, -0.2) is 85.5 Å². The molecule has 0 spiro atoms. The third kappa shape index (κ3) is 8.58. The van der Waals surface area contributed by atoms with Gasteiger partial charge in [0.1, 0.15) is 16.7 Å². The fourth-order valence-electron chi connectivity index (χ4n) is 7.96. The van der Waals surface area contributed by atoms with E-state index in [-0.39, 0.29) is 29.1 Å². The Hall–Kier alpha value is -2.17. The number of hydrogen-bond acceptors (Lipinski definition) is 7. The molecule has 10 heteroatoms. The van der Waals surface area contributed by atoms with Crippen molar-refractivity contribution in [1.29, 1.82) is 0 Å². The Morgan fingerprint density at radius 1 is 1.04 bits per heavy atom. The average Bonchev–Trinajstić information content (AvgIpc) is 3.25. The predicted molar refractivity (Wildman–Crippen MR) is 194 cm³/mol. The topological polar surface area (TPSA) is 80.3 Å². The summed E-state index contributed by atoms with van der Waals surface area (Å²) < 4.78 is 35.0. The molecule has 1 saturated heterocycles. The number of anilines is 1. The highest BCUT2D eigenvalue weighted by Crippen LogP contribution is 2.44. The number of carbonyl (C=O) groups excluding carboxylic acids is 1. The number of benzene rings is 2. The minimum Gasteiger partial charge on any atom is -0.491 e. The third-order valence-electron chi connectivity index (χ3n) is 11.2. The van der Waals surface area contributed by atoms with Gasteiger partial charge >= 0.3 is 0 Å². The van der Waals surface area contributed by atoms with Gasteiger partial charge in [0.05, 0.1) is 43.5 Å². The Morgan fingerprint density at radius 2 is 1.88 bits per heavy atom. The molecule has 0 radical (unpaired) electrons. The molecule has 1 saturated carbocycles. The van der Waals surface area contributed by atoms with Gasteiger partial charge in [0.2, 0.25) is 0 Å². The lowest BCUT2D eigenvalue weighted by atomic mass is 9.69. The second kappa shape index (κ2) is 16.7. The molecule has 1 amide bonds. The van der Waals surface area contributed by atoms with Crippen LogP contribution in [0.2, 0.25) is 5.02 Å². The van der Waals surface area contributed by atoms with Gasteiger partial charge in [-0.15, -0.1) is 0 Å². The molecule has 2 aromatic rings. The lowest BCUT2D eigenvalue weighted by molar-refractivity contribution is -0.0586. The maximum Gasteiger partial charge on any atom is 0.263 e. The Labute approximate surface area is 294 Å². The molecule has 7 atom stereocenters. The molecule has 1 aliphatic carbocycles. The van der Waals surface area contributed by atoms with Crippen molar-refractivity contribution < 1.29 is 23.2 Å². The average molecular weight is 700 g/mol. The number of carbonyl (C=O) groups is 1. The van der Waals surface area contributed by atoms with E-state index in [1.165, 1.54) is 24.0 Å². The Balaban J connectivity index is 1.30. The van der Waals surface area contributed by atoms with Crippen LogP contribution < -0.4 is 14.4 Å². The molecule has 1 N–H and O–H groups in total. The molecule has 2 fully saturated rings. The summed E-state index contributed by atoms with van der Waals surface area (Å²) >= 11 is 6.47. The van der Waals surface area contributed by atoms with Crippen LogP contribution in [-0.2, 0) is 26.9 Å². The van der Waals surface area contributed by atoms with Crippen molar-refractivity contribution in [3.63, 3.8) is 0 Å². The van der Waals surface area contributed by atoms with Crippen molar-refractivity contribution in [2.45, 2.75) is 83.0 Å². The fourth-order valence-corrected chi connectivity index (χ4v) is 9.20. The third-order valence-corrected chi connectivity index (χ3v) is 13.0. The molecule has 2 aromatic carbocycles. The van der Waals surface area contributed by atoms with Gasteiger partial charge in [0.25, 0.3) is 5.91 Å². The highest BCUT2D eigenvalue weighted by atomic mass is 35.5. The van der Waals surface area contributed by atoms with Gasteiger partial charge in [0.15, 0.2) is 0 Å². The van der Waals surface area contributed by atoms with Gasteiger partial charge in [-0.25, -0.2) is 4.21 Å². The largest absolute Gasteiger partial charge is 0.491 e. The van der Waals surface area contributed by atoms with Gasteiger partial charge < -0.3 is 19.1 Å². The number of rotatable bonds is 7. The number of amides is 1. The van der Waals surface area contributed by atoms with E-state index in [9.17, 15) is 9.00 Å².